The zero-order valence-electron chi connectivity index (χ0n) is 15.8. The highest BCUT2D eigenvalue weighted by atomic mass is 28.3. The molecule has 1 rings (SSSR count). The van der Waals surface area contributed by atoms with Gasteiger partial charge in [0.25, 0.3) is 0 Å². The van der Waals surface area contributed by atoms with Crippen molar-refractivity contribution in [3.05, 3.63) is 28.8 Å². The molecule has 0 aliphatic carbocycles. The summed E-state index contributed by atoms with van der Waals surface area (Å²) in [5, 5.41) is 0. The van der Waals surface area contributed by atoms with E-state index >= 15 is 0 Å². The second kappa shape index (κ2) is 5.79. The van der Waals surface area contributed by atoms with Crippen LogP contribution in [0.4, 0.5) is 0 Å². The molecule has 0 atom stereocenters. The second-order valence-electron chi connectivity index (χ2n) is 9.45. The Balaban J connectivity index is 3.60. The Labute approximate surface area is 133 Å². The van der Waals surface area contributed by atoms with Crippen LogP contribution in [0.2, 0.25) is 19.6 Å². The standard InChI is InChI=1S/C19H34OSi/c1-18(2,3)15-11-14(13-21(8,9)10)17(20-7)16(12-15)19(4,5)6/h11-12H,13H2,1-10H3. The van der Waals surface area contributed by atoms with Gasteiger partial charge in [0.2, 0.25) is 0 Å². The van der Waals surface area contributed by atoms with Crippen LogP contribution in [-0.4, -0.2) is 15.2 Å². The van der Waals surface area contributed by atoms with Crippen molar-refractivity contribution < 1.29 is 4.74 Å². The van der Waals surface area contributed by atoms with Crippen LogP contribution in [0.5, 0.6) is 5.75 Å². The molecule has 0 radical (unpaired) electrons. The molecule has 0 spiro atoms. The fourth-order valence-electron chi connectivity index (χ4n) is 2.62. The molecule has 0 amide bonds. The van der Waals surface area contributed by atoms with Crippen LogP contribution in [0.15, 0.2) is 12.1 Å². The Kier molecular flexibility index (Phi) is 5.04. The Morgan fingerprint density at radius 1 is 0.905 bits per heavy atom. The molecule has 0 aliphatic heterocycles. The molecule has 1 aromatic carbocycles. The Hall–Kier alpha value is -0.763. The van der Waals surface area contributed by atoms with Crippen LogP contribution in [-0.2, 0) is 16.9 Å². The third-order valence-electron chi connectivity index (χ3n) is 3.76. The lowest BCUT2D eigenvalue weighted by molar-refractivity contribution is 0.392. The van der Waals surface area contributed by atoms with E-state index in [0.29, 0.717) is 0 Å². The number of hydrogen-bond donors (Lipinski definition) is 0. The topological polar surface area (TPSA) is 9.23 Å². The summed E-state index contributed by atoms with van der Waals surface area (Å²) in [6, 6.07) is 5.90. The highest BCUT2D eigenvalue weighted by Crippen LogP contribution is 2.39. The van der Waals surface area contributed by atoms with E-state index in [-0.39, 0.29) is 10.8 Å². The Morgan fingerprint density at radius 2 is 1.43 bits per heavy atom. The largest absolute Gasteiger partial charge is 0.496 e. The third-order valence-corrected chi connectivity index (χ3v) is 5.21. The van der Waals surface area contributed by atoms with Crippen LogP contribution in [0, 0.1) is 0 Å². The first-order valence-electron chi connectivity index (χ1n) is 7.97. The lowest BCUT2D eigenvalue weighted by Crippen LogP contribution is -2.26. The average molecular weight is 307 g/mol. The quantitative estimate of drug-likeness (QED) is 0.650. The summed E-state index contributed by atoms with van der Waals surface area (Å²) >= 11 is 0. The van der Waals surface area contributed by atoms with Crippen molar-refractivity contribution in [3.8, 4) is 5.75 Å². The number of rotatable bonds is 3. The summed E-state index contributed by atoms with van der Waals surface area (Å²) in [5.41, 5.74) is 4.42. The minimum absolute atomic E-state index is 0.0980. The van der Waals surface area contributed by atoms with E-state index in [1.165, 1.54) is 22.7 Å². The molecule has 0 saturated carbocycles. The molecule has 0 bridgehead atoms. The number of methoxy groups -OCH3 is 1. The maximum atomic E-state index is 5.84. The lowest BCUT2D eigenvalue weighted by Gasteiger charge is -2.30. The smallest absolute Gasteiger partial charge is 0.125 e. The molecule has 0 N–H and O–H groups in total. The zero-order valence-corrected chi connectivity index (χ0v) is 16.8. The molecule has 0 fully saturated rings. The highest BCUT2D eigenvalue weighted by molar-refractivity contribution is 6.75. The summed E-state index contributed by atoms with van der Waals surface area (Å²) in [4.78, 5) is 0. The normalized spacial score (nSPS) is 13.4. The van der Waals surface area contributed by atoms with Crippen molar-refractivity contribution in [2.24, 2.45) is 0 Å². The van der Waals surface area contributed by atoms with Crippen molar-refractivity contribution in [3.63, 3.8) is 0 Å². The SMILES string of the molecule is COc1c(C[Si](C)(C)C)cc(C(C)(C)C)cc1C(C)(C)C. The van der Waals surface area contributed by atoms with Gasteiger partial charge >= 0.3 is 0 Å². The molecule has 21 heavy (non-hydrogen) atoms. The van der Waals surface area contributed by atoms with Crippen molar-refractivity contribution in [1.29, 1.82) is 0 Å². The molecule has 1 nitrogen and oxygen atoms in total. The first kappa shape index (κ1) is 18.3. The second-order valence-corrected chi connectivity index (χ2v) is 14.9. The minimum Gasteiger partial charge on any atom is -0.496 e. The maximum absolute atomic E-state index is 5.84. The molecule has 2 heteroatoms. The molecule has 0 aliphatic rings. The first-order chi connectivity index (χ1) is 9.25. The van der Waals surface area contributed by atoms with Crippen molar-refractivity contribution >= 4 is 8.07 Å². The van der Waals surface area contributed by atoms with Gasteiger partial charge in [-0.1, -0.05) is 73.3 Å². The summed E-state index contributed by atoms with van der Waals surface area (Å²) < 4.78 is 5.84. The van der Waals surface area contributed by atoms with Crippen LogP contribution < -0.4 is 4.74 Å². The van der Waals surface area contributed by atoms with Crippen molar-refractivity contribution in [2.75, 3.05) is 7.11 Å². The lowest BCUT2D eigenvalue weighted by atomic mass is 9.79. The van der Waals surface area contributed by atoms with E-state index in [2.05, 4.69) is 73.3 Å². The van der Waals surface area contributed by atoms with Gasteiger partial charge in [0.15, 0.2) is 0 Å². The van der Waals surface area contributed by atoms with E-state index in [0.717, 1.165) is 5.75 Å². The maximum Gasteiger partial charge on any atom is 0.125 e. The van der Waals surface area contributed by atoms with Gasteiger partial charge in [-0.05, 0) is 28.0 Å². The summed E-state index contributed by atoms with van der Waals surface area (Å²) in [5.74, 6) is 1.11. The van der Waals surface area contributed by atoms with E-state index in [4.69, 9.17) is 4.74 Å². The number of benzene rings is 1. The molecule has 0 aromatic heterocycles. The van der Waals surface area contributed by atoms with Crippen molar-refractivity contribution in [2.45, 2.75) is 78.1 Å². The van der Waals surface area contributed by atoms with Gasteiger partial charge in [-0.15, -0.1) is 0 Å². The molecule has 120 valence electrons. The van der Waals surface area contributed by atoms with E-state index < -0.39 is 8.07 Å². The fourth-order valence-corrected chi connectivity index (χ4v) is 4.03. The molecule has 0 heterocycles. The van der Waals surface area contributed by atoms with Gasteiger partial charge in [0, 0.05) is 13.6 Å². The predicted molar refractivity (Wildman–Crippen MR) is 97.4 cm³/mol. The minimum atomic E-state index is -1.19. The van der Waals surface area contributed by atoms with Crippen LogP contribution in [0.3, 0.4) is 0 Å². The van der Waals surface area contributed by atoms with Crippen molar-refractivity contribution in [1.82, 2.24) is 0 Å². The zero-order chi connectivity index (χ0) is 16.6. The fraction of sp³-hybridized carbons (Fsp3) is 0.684. The highest BCUT2D eigenvalue weighted by Gasteiger charge is 2.27. The van der Waals surface area contributed by atoms with E-state index in [1.807, 2.05) is 7.11 Å². The van der Waals surface area contributed by atoms with Gasteiger partial charge in [-0.25, -0.2) is 0 Å². The average Bonchev–Trinajstić information content (AvgIpc) is 2.23. The molecular formula is C19H34OSi. The molecule has 0 saturated heterocycles. The predicted octanol–water partition coefficient (Wildman–Crippen LogP) is 5.71. The third kappa shape index (κ3) is 4.88. The number of ether oxygens (including phenoxy) is 1. The number of hydrogen-bond acceptors (Lipinski definition) is 1. The first-order valence-corrected chi connectivity index (χ1v) is 11.7. The van der Waals surface area contributed by atoms with E-state index in [1.54, 1.807) is 0 Å². The van der Waals surface area contributed by atoms with Crippen LogP contribution >= 0.6 is 0 Å². The molecule has 0 unspecified atom stereocenters. The van der Waals surface area contributed by atoms with Gasteiger partial charge in [0.05, 0.1) is 7.11 Å². The van der Waals surface area contributed by atoms with Gasteiger partial charge in [-0.2, -0.15) is 0 Å². The van der Waals surface area contributed by atoms with Gasteiger partial charge in [0.1, 0.15) is 5.75 Å². The van der Waals surface area contributed by atoms with Gasteiger partial charge in [-0.3, -0.25) is 0 Å². The molecule has 1 aromatic rings. The summed E-state index contributed by atoms with van der Waals surface area (Å²) in [6.45, 7) is 21.0. The van der Waals surface area contributed by atoms with Crippen LogP contribution in [0.25, 0.3) is 0 Å². The van der Waals surface area contributed by atoms with E-state index in [9.17, 15) is 0 Å². The van der Waals surface area contributed by atoms with Gasteiger partial charge < -0.3 is 4.74 Å². The summed E-state index contributed by atoms with van der Waals surface area (Å²) in [6.07, 6.45) is 0. The Bertz CT molecular complexity index is 496. The summed E-state index contributed by atoms with van der Waals surface area (Å²) in [7, 11) is 0.625. The monoisotopic (exact) mass is 306 g/mol. The molecular weight excluding hydrogens is 272 g/mol. The Morgan fingerprint density at radius 3 is 1.76 bits per heavy atom. The van der Waals surface area contributed by atoms with Crippen LogP contribution in [0.1, 0.15) is 58.2 Å².